The second-order valence-corrected chi connectivity index (χ2v) is 4.15. The molecule has 0 spiro atoms. The molecule has 0 saturated heterocycles. The third-order valence-corrected chi connectivity index (χ3v) is 3.04. The van der Waals surface area contributed by atoms with Gasteiger partial charge in [-0.15, -0.1) is 0 Å². The minimum atomic E-state index is 0.00539. The number of ketones is 1. The first kappa shape index (κ1) is 10.8. The van der Waals surface area contributed by atoms with Crippen LogP contribution in [0.2, 0.25) is 0 Å². The van der Waals surface area contributed by atoms with Gasteiger partial charge in [0.05, 0.1) is 18.8 Å². The standard InChI is InChI=1S/C14H12N2O2/c1-9(17)13-8-15-14-6-3-10-7-11(18-2)4-5-12(10)16(13)14/h3-8H,1-2H3. The molecule has 0 saturated carbocycles. The quantitative estimate of drug-likeness (QED) is 0.647. The zero-order valence-corrected chi connectivity index (χ0v) is 10.2. The van der Waals surface area contributed by atoms with Crippen LogP contribution in [0.15, 0.2) is 36.5 Å². The van der Waals surface area contributed by atoms with Crippen molar-refractivity contribution in [3.05, 3.63) is 42.2 Å². The van der Waals surface area contributed by atoms with E-state index in [1.54, 1.807) is 20.2 Å². The van der Waals surface area contributed by atoms with E-state index in [4.69, 9.17) is 4.74 Å². The number of imidazole rings is 1. The maximum Gasteiger partial charge on any atom is 0.178 e. The number of ether oxygens (including phenoxy) is 1. The van der Waals surface area contributed by atoms with Gasteiger partial charge in [0.2, 0.25) is 0 Å². The zero-order chi connectivity index (χ0) is 12.7. The van der Waals surface area contributed by atoms with Gasteiger partial charge in [0.1, 0.15) is 17.1 Å². The number of nitrogens with zero attached hydrogens (tertiary/aromatic N) is 2. The molecule has 0 bridgehead atoms. The van der Waals surface area contributed by atoms with Crippen molar-refractivity contribution in [2.75, 3.05) is 7.11 Å². The number of hydrogen-bond acceptors (Lipinski definition) is 3. The van der Waals surface area contributed by atoms with Crippen molar-refractivity contribution in [3.63, 3.8) is 0 Å². The summed E-state index contributed by atoms with van der Waals surface area (Å²) in [6, 6.07) is 9.64. The summed E-state index contributed by atoms with van der Waals surface area (Å²) in [7, 11) is 1.64. The van der Waals surface area contributed by atoms with Crippen molar-refractivity contribution in [1.29, 1.82) is 0 Å². The SMILES string of the molecule is COc1ccc2c(ccc3ncc(C(C)=O)n32)c1. The second kappa shape index (κ2) is 3.84. The summed E-state index contributed by atoms with van der Waals surface area (Å²) in [4.78, 5) is 15.8. The van der Waals surface area contributed by atoms with Crippen LogP contribution in [-0.2, 0) is 0 Å². The Hall–Kier alpha value is -2.36. The Morgan fingerprint density at radius 3 is 2.83 bits per heavy atom. The molecular formula is C14H12N2O2. The van der Waals surface area contributed by atoms with Crippen molar-refractivity contribution in [2.24, 2.45) is 0 Å². The van der Waals surface area contributed by atoms with Crippen molar-refractivity contribution >= 4 is 22.3 Å². The summed E-state index contributed by atoms with van der Waals surface area (Å²) in [6.45, 7) is 1.55. The highest BCUT2D eigenvalue weighted by Crippen LogP contribution is 2.23. The number of methoxy groups -OCH3 is 1. The average molecular weight is 240 g/mol. The molecule has 0 atom stereocenters. The summed E-state index contributed by atoms with van der Waals surface area (Å²) < 4.78 is 7.07. The van der Waals surface area contributed by atoms with Crippen molar-refractivity contribution in [1.82, 2.24) is 9.38 Å². The normalized spacial score (nSPS) is 11.0. The number of pyridine rings is 1. The van der Waals surface area contributed by atoms with Gasteiger partial charge in [-0.1, -0.05) is 0 Å². The highest BCUT2D eigenvalue weighted by molar-refractivity contribution is 5.96. The molecule has 2 heterocycles. The number of hydrogen-bond donors (Lipinski definition) is 0. The third kappa shape index (κ3) is 1.46. The molecule has 18 heavy (non-hydrogen) atoms. The predicted octanol–water partition coefficient (Wildman–Crippen LogP) is 2.70. The molecule has 3 rings (SSSR count). The van der Waals surface area contributed by atoms with Crippen molar-refractivity contribution in [2.45, 2.75) is 6.92 Å². The first-order valence-electron chi connectivity index (χ1n) is 5.66. The first-order chi connectivity index (χ1) is 8.70. The van der Waals surface area contributed by atoms with Crippen LogP contribution in [0.3, 0.4) is 0 Å². The van der Waals surface area contributed by atoms with E-state index in [1.807, 2.05) is 34.7 Å². The Bertz CT molecular complexity index is 759. The molecule has 4 nitrogen and oxygen atoms in total. The number of Topliss-reactive ketones (excluding diaryl/α,β-unsaturated/α-hetero) is 1. The van der Waals surface area contributed by atoms with Crippen LogP contribution in [0.1, 0.15) is 17.4 Å². The summed E-state index contributed by atoms with van der Waals surface area (Å²) in [5.41, 5.74) is 2.33. The third-order valence-electron chi connectivity index (χ3n) is 3.04. The van der Waals surface area contributed by atoms with Crippen LogP contribution in [0.5, 0.6) is 5.75 Å². The molecule has 4 heteroatoms. The van der Waals surface area contributed by atoms with Crippen LogP contribution < -0.4 is 4.74 Å². The Balaban J connectivity index is 2.44. The number of carbonyl (C=O) groups excluding carboxylic acids is 1. The Kier molecular flexibility index (Phi) is 2.30. The number of rotatable bonds is 2. The van der Waals surface area contributed by atoms with Gasteiger partial charge >= 0.3 is 0 Å². The highest BCUT2D eigenvalue weighted by atomic mass is 16.5. The van der Waals surface area contributed by atoms with Crippen molar-refractivity contribution < 1.29 is 9.53 Å². The molecular weight excluding hydrogens is 228 g/mol. The predicted molar refractivity (Wildman–Crippen MR) is 69.3 cm³/mol. The second-order valence-electron chi connectivity index (χ2n) is 4.15. The monoisotopic (exact) mass is 240 g/mol. The van der Waals surface area contributed by atoms with Gasteiger partial charge in [-0.2, -0.15) is 0 Å². The lowest BCUT2D eigenvalue weighted by Crippen LogP contribution is -1.99. The maximum atomic E-state index is 11.6. The van der Waals surface area contributed by atoms with Gasteiger partial charge < -0.3 is 4.74 Å². The lowest BCUT2D eigenvalue weighted by atomic mass is 10.2. The molecule has 90 valence electrons. The highest BCUT2D eigenvalue weighted by Gasteiger charge is 2.10. The molecule has 0 amide bonds. The smallest absolute Gasteiger partial charge is 0.178 e. The molecule has 0 aliphatic heterocycles. The molecule has 0 aliphatic rings. The van der Waals surface area contributed by atoms with E-state index in [2.05, 4.69) is 4.98 Å². The van der Waals surface area contributed by atoms with E-state index in [0.717, 1.165) is 22.3 Å². The Morgan fingerprint density at radius 1 is 1.28 bits per heavy atom. The zero-order valence-electron chi connectivity index (χ0n) is 10.2. The number of benzene rings is 1. The van der Waals surface area contributed by atoms with Crippen LogP contribution in [-0.4, -0.2) is 22.3 Å². The van der Waals surface area contributed by atoms with Gasteiger partial charge in [0.25, 0.3) is 0 Å². The minimum Gasteiger partial charge on any atom is -0.497 e. The van der Waals surface area contributed by atoms with E-state index in [1.165, 1.54) is 0 Å². The molecule has 0 unspecified atom stereocenters. The molecule has 0 aliphatic carbocycles. The van der Waals surface area contributed by atoms with E-state index < -0.39 is 0 Å². The fourth-order valence-corrected chi connectivity index (χ4v) is 2.15. The van der Waals surface area contributed by atoms with E-state index in [0.29, 0.717) is 5.69 Å². The molecule has 0 fully saturated rings. The van der Waals surface area contributed by atoms with Gasteiger partial charge in [-0.25, -0.2) is 4.98 Å². The number of carbonyl (C=O) groups is 1. The summed E-state index contributed by atoms with van der Waals surface area (Å²) >= 11 is 0. The molecule has 0 N–H and O–H groups in total. The van der Waals surface area contributed by atoms with E-state index in [-0.39, 0.29) is 5.78 Å². The maximum absolute atomic E-state index is 11.6. The first-order valence-corrected chi connectivity index (χ1v) is 5.66. The lowest BCUT2D eigenvalue weighted by Gasteiger charge is -2.06. The van der Waals surface area contributed by atoms with Gasteiger partial charge in [0, 0.05) is 12.3 Å². The average Bonchev–Trinajstić information content (AvgIpc) is 2.82. The molecule has 2 aromatic heterocycles. The molecule has 3 aromatic rings. The largest absolute Gasteiger partial charge is 0.497 e. The van der Waals surface area contributed by atoms with Gasteiger partial charge in [-0.05, 0) is 30.3 Å². The van der Waals surface area contributed by atoms with Crippen LogP contribution in [0.4, 0.5) is 0 Å². The molecule has 0 radical (unpaired) electrons. The summed E-state index contributed by atoms with van der Waals surface area (Å²) in [6.07, 6.45) is 1.61. The number of fused-ring (bicyclic) bond motifs is 3. The van der Waals surface area contributed by atoms with Crippen LogP contribution in [0.25, 0.3) is 16.6 Å². The van der Waals surface area contributed by atoms with E-state index >= 15 is 0 Å². The molecule has 1 aromatic carbocycles. The minimum absolute atomic E-state index is 0.00539. The fourth-order valence-electron chi connectivity index (χ4n) is 2.15. The van der Waals surface area contributed by atoms with Crippen molar-refractivity contribution in [3.8, 4) is 5.75 Å². The Labute approximate surface area is 104 Å². The van der Waals surface area contributed by atoms with Gasteiger partial charge in [-0.3, -0.25) is 9.20 Å². The lowest BCUT2D eigenvalue weighted by molar-refractivity contribution is 0.101. The summed E-state index contributed by atoms with van der Waals surface area (Å²) in [5, 5.41) is 1.02. The topological polar surface area (TPSA) is 43.6 Å². The summed E-state index contributed by atoms with van der Waals surface area (Å²) in [5.74, 6) is 0.803. The Morgan fingerprint density at radius 2 is 2.11 bits per heavy atom. The fraction of sp³-hybridized carbons (Fsp3) is 0.143. The van der Waals surface area contributed by atoms with Crippen LogP contribution in [0, 0.1) is 0 Å². The van der Waals surface area contributed by atoms with Gasteiger partial charge in [0.15, 0.2) is 5.78 Å². The van der Waals surface area contributed by atoms with E-state index in [9.17, 15) is 4.79 Å². The number of aromatic nitrogens is 2. The van der Waals surface area contributed by atoms with Crippen LogP contribution >= 0.6 is 0 Å².